The lowest BCUT2D eigenvalue weighted by atomic mass is 10.1. The molecule has 0 fully saturated rings. The third-order valence-corrected chi connectivity index (χ3v) is 5.62. The molecule has 6 nitrogen and oxygen atoms in total. The average Bonchev–Trinajstić information content (AvgIpc) is 3.29. The topological polar surface area (TPSA) is 88.1 Å². The van der Waals surface area contributed by atoms with Crippen molar-refractivity contribution in [2.75, 3.05) is 10.6 Å². The van der Waals surface area contributed by atoms with E-state index in [0.29, 0.717) is 27.5 Å². The maximum Gasteiger partial charge on any atom is 0.285 e. The van der Waals surface area contributed by atoms with Gasteiger partial charge >= 0.3 is 0 Å². The molecule has 2 amide bonds. The second-order valence-electron chi connectivity index (χ2n) is 7.74. The molecule has 0 saturated carbocycles. The molecule has 1 aromatic heterocycles. The predicted molar refractivity (Wildman–Crippen MR) is 134 cm³/mol. The van der Waals surface area contributed by atoms with E-state index in [1.165, 1.54) is 0 Å². The lowest BCUT2D eigenvalue weighted by Crippen LogP contribution is -2.11. The fourth-order valence-corrected chi connectivity index (χ4v) is 3.72. The normalized spacial score (nSPS) is 10.7. The third kappa shape index (κ3) is 4.67. The molecule has 0 unspecified atom stereocenters. The fourth-order valence-electron chi connectivity index (χ4n) is 3.60. The van der Waals surface area contributed by atoms with Crippen LogP contribution in [0.15, 0.2) is 97.1 Å². The van der Waals surface area contributed by atoms with Crippen LogP contribution in [0.1, 0.15) is 20.7 Å². The van der Waals surface area contributed by atoms with Crippen molar-refractivity contribution in [2.45, 2.75) is 0 Å². The first kappa shape index (κ1) is 21.4. The molecule has 0 radical (unpaired) electrons. The number of rotatable bonds is 5. The number of H-pyrrole nitrogens is 2. The summed E-state index contributed by atoms with van der Waals surface area (Å²) in [6.45, 7) is 0. The highest BCUT2D eigenvalue weighted by Gasteiger charge is 2.14. The van der Waals surface area contributed by atoms with Gasteiger partial charge in [-0.2, -0.15) is 0 Å². The number of fused-ring (bicyclic) bond motifs is 1. The summed E-state index contributed by atoms with van der Waals surface area (Å²) in [5, 5.41) is 6.39. The number of nitrogens with one attached hydrogen (secondary N) is 4. The monoisotopic (exact) mass is 467 g/mol. The number of aromatic amines is 2. The zero-order valence-corrected chi connectivity index (χ0v) is 18.7. The molecule has 4 aromatic carbocycles. The van der Waals surface area contributed by atoms with Gasteiger partial charge in [0.25, 0.3) is 17.6 Å². The summed E-state index contributed by atoms with van der Waals surface area (Å²) in [6.07, 6.45) is 0. The van der Waals surface area contributed by atoms with E-state index in [-0.39, 0.29) is 11.8 Å². The van der Waals surface area contributed by atoms with Crippen molar-refractivity contribution in [3.05, 3.63) is 113 Å². The van der Waals surface area contributed by atoms with E-state index in [2.05, 4.69) is 20.6 Å². The first-order chi connectivity index (χ1) is 16.5. The van der Waals surface area contributed by atoms with Crippen LogP contribution in [0, 0.1) is 0 Å². The van der Waals surface area contributed by atoms with Crippen LogP contribution in [-0.2, 0) is 0 Å². The van der Waals surface area contributed by atoms with Gasteiger partial charge in [-0.05, 0) is 72.8 Å². The zero-order valence-electron chi connectivity index (χ0n) is 17.9. The average molecular weight is 468 g/mol. The number of carbonyl (C=O) groups is 2. The Morgan fingerprint density at radius 2 is 1.32 bits per heavy atom. The van der Waals surface area contributed by atoms with E-state index in [4.69, 9.17) is 11.6 Å². The Labute approximate surface area is 200 Å². The molecule has 0 aliphatic carbocycles. The number of benzene rings is 4. The van der Waals surface area contributed by atoms with Gasteiger partial charge in [0.2, 0.25) is 0 Å². The largest absolute Gasteiger partial charge is 0.322 e. The molecule has 0 aliphatic rings. The molecular formula is C27H20ClN4O2+. The summed E-state index contributed by atoms with van der Waals surface area (Å²) in [7, 11) is 0. The number of imidazole rings is 1. The van der Waals surface area contributed by atoms with Crippen LogP contribution < -0.4 is 15.6 Å². The summed E-state index contributed by atoms with van der Waals surface area (Å²) >= 11 is 5.88. The fraction of sp³-hybridized carbons (Fsp3) is 0. The van der Waals surface area contributed by atoms with Crippen molar-refractivity contribution in [3.63, 3.8) is 0 Å². The predicted octanol–water partition coefficient (Wildman–Crippen LogP) is 5.81. The second-order valence-corrected chi connectivity index (χ2v) is 8.18. The molecule has 0 aliphatic heterocycles. The SMILES string of the molecule is O=C(Nc1ccc(-c2[nH]c3cc(NC(=O)c4ccccc4)ccc3[nH+]2)cc1)c1ccc(Cl)cc1. The smallest absolute Gasteiger partial charge is 0.285 e. The molecule has 0 saturated heterocycles. The number of hydrogen-bond acceptors (Lipinski definition) is 2. The summed E-state index contributed by atoms with van der Waals surface area (Å²) in [5.41, 5.74) is 5.22. The molecule has 0 spiro atoms. The van der Waals surface area contributed by atoms with Crippen molar-refractivity contribution >= 4 is 45.8 Å². The van der Waals surface area contributed by atoms with Gasteiger partial charge in [-0.15, -0.1) is 0 Å². The lowest BCUT2D eigenvalue weighted by Gasteiger charge is -2.05. The van der Waals surface area contributed by atoms with Gasteiger partial charge in [0.05, 0.1) is 5.56 Å². The summed E-state index contributed by atoms with van der Waals surface area (Å²) in [6, 6.07) is 29.0. The van der Waals surface area contributed by atoms with E-state index in [1.807, 2.05) is 60.7 Å². The number of carbonyl (C=O) groups excluding carboxylic acids is 2. The van der Waals surface area contributed by atoms with E-state index < -0.39 is 0 Å². The van der Waals surface area contributed by atoms with Gasteiger partial charge in [0, 0.05) is 33.6 Å². The van der Waals surface area contributed by atoms with Crippen LogP contribution in [0.2, 0.25) is 5.02 Å². The molecule has 4 N–H and O–H groups in total. The highest BCUT2D eigenvalue weighted by atomic mass is 35.5. The Morgan fingerprint density at radius 1 is 0.706 bits per heavy atom. The van der Waals surface area contributed by atoms with Crippen molar-refractivity contribution in [1.29, 1.82) is 0 Å². The molecule has 5 rings (SSSR count). The van der Waals surface area contributed by atoms with Gasteiger partial charge in [0.1, 0.15) is 0 Å². The minimum absolute atomic E-state index is 0.160. The number of hydrogen-bond donors (Lipinski definition) is 3. The Bertz CT molecular complexity index is 1480. The highest BCUT2D eigenvalue weighted by molar-refractivity contribution is 6.30. The third-order valence-electron chi connectivity index (χ3n) is 5.37. The summed E-state index contributed by atoms with van der Waals surface area (Å²) < 4.78 is 0. The van der Waals surface area contributed by atoms with Crippen LogP contribution in [0.3, 0.4) is 0 Å². The molecule has 1 heterocycles. The van der Waals surface area contributed by atoms with Crippen molar-refractivity contribution in [2.24, 2.45) is 0 Å². The van der Waals surface area contributed by atoms with E-state index in [0.717, 1.165) is 22.4 Å². The van der Waals surface area contributed by atoms with E-state index in [1.54, 1.807) is 36.4 Å². The molecule has 7 heteroatoms. The molecule has 5 aromatic rings. The Kier molecular flexibility index (Phi) is 5.81. The van der Waals surface area contributed by atoms with Gasteiger partial charge in [-0.3, -0.25) is 9.59 Å². The molecule has 34 heavy (non-hydrogen) atoms. The summed E-state index contributed by atoms with van der Waals surface area (Å²) in [5.74, 6) is 0.454. The summed E-state index contributed by atoms with van der Waals surface area (Å²) in [4.78, 5) is 31.5. The van der Waals surface area contributed by atoms with Crippen LogP contribution >= 0.6 is 11.6 Å². The van der Waals surface area contributed by atoms with Crippen LogP contribution in [0.5, 0.6) is 0 Å². The number of halogens is 1. The Morgan fingerprint density at radius 3 is 2.03 bits per heavy atom. The van der Waals surface area contributed by atoms with Crippen LogP contribution in [0.25, 0.3) is 22.4 Å². The van der Waals surface area contributed by atoms with Gasteiger partial charge in [0.15, 0.2) is 11.0 Å². The van der Waals surface area contributed by atoms with Crippen molar-refractivity contribution < 1.29 is 14.6 Å². The standard InChI is InChI=1S/C27H19ClN4O2/c28-20-10-6-19(7-11-20)27(34)29-21-12-8-17(9-13-21)25-31-23-15-14-22(16-24(23)32-25)30-26(33)18-4-2-1-3-5-18/h1-16H,(H,29,34)(H,30,33)(H,31,32)/p+1. The minimum Gasteiger partial charge on any atom is -0.322 e. The van der Waals surface area contributed by atoms with Crippen molar-refractivity contribution in [3.8, 4) is 11.4 Å². The first-order valence-electron chi connectivity index (χ1n) is 10.6. The number of aromatic nitrogens is 2. The molecule has 0 atom stereocenters. The number of amides is 2. The minimum atomic E-state index is -0.202. The van der Waals surface area contributed by atoms with Crippen molar-refractivity contribution in [1.82, 2.24) is 4.98 Å². The first-order valence-corrected chi connectivity index (χ1v) is 11.0. The molecule has 0 bridgehead atoms. The maximum absolute atomic E-state index is 12.4. The van der Waals surface area contributed by atoms with Crippen LogP contribution in [-0.4, -0.2) is 16.8 Å². The maximum atomic E-state index is 12.4. The van der Waals surface area contributed by atoms with Crippen LogP contribution in [0.4, 0.5) is 11.4 Å². The second kappa shape index (κ2) is 9.21. The Hall–Kier alpha value is -4.42. The zero-order chi connectivity index (χ0) is 23.5. The quantitative estimate of drug-likeness (QED) is 0.304. The van der Waals surface area contributed by atoms with Gasteiger partial charge in [-0.25, -0.2) is 9.97 Å². The van der Waals surface area contributed by atoms with E-state index in [9.17, 15) is 9.59 Å². The van der Waals surface area contributed by atoms with E-state index >= 15 is 0 Å². The number of anilines is 2. The Balaban J connectivity index is 1.30. The lowest BCUT2D eigenvalue weighted by molar-refractivity contribution is -0.330. The van der Waals surface area contributed by atoms with Gasteiger partial charge < -0.3 is 10.6 Å². The highest BCUT2D eigenvalue weighted by Crippen LogP contribution is 2.22. The molecular weight excluding hydrogens is 448 g/mol. The molecule has 166 valence electrons. The van der Waals surface area contributed by atoms with Gasteiger partial charge in [-0.1, -0.05) is 29.8 Å².